The van der Waals surface area contributed by atoms with Crippen LogP contribution in [0.25, 0.3) is 0 Å². The number of fused-ring (bicyclic) bond motifs is 1. The minimum atomic E-state index is -1.06. The number of anilines is 2. The van der Waals surface area contributed by atoms with Crippen LogP contribution < -0.4 is 10.2 Å². The summed E-state index contributed by atoms with van der Waals surface area (Å²) in [6, 6.07) is 8.37. The van der Waals surface area contributed by atoms with E-state index < -0.39 is 17.5 Å². The molecule has 1 aliphatic rings. The zero-order valence-electron chi connectivity index (χ0n) is 14.7. The summed E-state index contributed by atoms with van der Waals surface area (Å²) in [7, 11) is 0. The van der Waals surface area contributed by atoms with E-state index in [1.165, 1.54) is 6.07 Å². The average molecular weight is 358 g/mol. The maximum absolute atomic E-state index is 13.3. The van der Waals surface area contributed by atoms with Crippen molar-refractivity contribution in [1.82, 2.24) is 0 Å². The van der Waals surface area contributed by atoms with Gasteiger partial charge in [0.25, 0.3) is 5.91 Å². The molecule has 2 aromatic carbocycles. The van der Waals surface area contributed by atoms with Gasteiger partial charge in [0.2, 0.25) is 5.91 Å². The lowest BCUT2D eigenvalue weighted by molar-refractivity contribution is -0.119. The second-order valence-corrected chi connectivity index (χ2v) is 6.82. The maximum atomic E-state index is 13.3. The summed E-state index contributed by atoms with van der Waals surface area (Å²) in [6.45, 7) is 4.75. The van der Waals surface area contributed by atoms with Gasteiger partial charge in [0, 0.05) is 29.9 Å². The van der Waals surface area contributed by atoms with Crippen molar-refractivity contribution in [2.24, 2.45) is 5.92 Å². The van der Waals surface area contributed by atoms with Gasteiger partial charge in [-0.3, -0.25) is 9.59 Å². The van der Waals surface area contributed by atoms with E-state index >= 15 is 0 Å². The van der Waals surface area contributed by atoms with E-state index in [4.69, 9.17) is 0 Å². The Morgan fingerprint density at radius 2 is 1.88 bits per heavy atom. The third kappa shape index (κ3) is 3.74. The lowest BCUT2D eigenvalue weighted by Crippen LogP contribution is -2.37. The van der Waals surface area contributed by atoms with Crippen LogP contribution in [0.5, 0.6) is 0 Å². The Kier molecular flexibility index (Phi) is 5.02. The molecule has 0 aromatic heterocycles. The number of halogens is 2. The molecule has 1 heterocycles. The minimum absolute atomic E-state index is 0.0400. The number of amides is 2. The molecule has 1 aliphatic heterocycles. The fourth-order valence-electron chi connectivity index (χ4n) is 3.04. The van der Waals surface area contributed by atoms with Crippen LogP contribution in [0.1, 0.15) is 36.2 Å². The van der Waals surface area contributed by atoms with Crippen LogP contribution in [0.3, 0.4) is 0 Å². The number of hydrogen-bond donors (Lipinski definition) is 1. The predicted molar refractivity (Wildman–Crippen MR) is 96.3 cm³/mol. The molecule has 1 N–H and O–H groups in total. The van der Waals surface area contributed by atoms with Gasteiger partial charge in [-0.2, -0.15) is 0 Å². The number of nitrogens with zero attached hydrogens (tertiary/aromatic N) is 1. The zero-order chi connectivity index (χ0) is 18.8. The summed E-state index contributed by atoms with van der Waals surface area (Å²) in [6.07, 6.45) is 1.04. The molecular weight excluding hydrogens is 338 g/mol. The Bertz CT molecular complexity index is 865. The monoisotopic (exact) mass is 358 g/mol. The molecule has 0 unspecified atom stereocenters. The van der Waals surface area contributed by atoms with E-state index in [2.05, 4.69) is 19.2 Å². The van der Waals surface area contributed by atoms with Gasteiger partial charge in [-0.15, -0.1) is 0 Å². The highest BCUT2D eigenvalue weighted by atomic mass is 19.2. The molecule has 2 aromatic rings. The molecule has 0 aliphatic carbocycles. The summed E-state index contributed by atoms with van der Waals surface area (Å²) < 4.78 is 26.3. The molecule has 0 atom stereocenters. The van der Waals surface area contributed by atoms with Crippen LogP contribution in [0.15, 0.2) is 36.4 Å². The Balaban J connectivity index is 1.81. The number of nitrogens with one attached hydrogen (secondary N) is 1. The van der Waals surface area contributed by atoms with Crippen molar-refractivity contribution >= 4 is 23.2 Å². The van der Waals surface area contributed by atoms with Crippen molar-refractivity contribution < 1.29 is 18.4 Å². The zero-order valence-corrected chi connectivity index (χ0v) is 14.7. The number of hydrogen-bond acceptors (Lipinski definition) is 2. The Morgan fingerprint density at radius 3 is 2.58 bits per heavy atom. The third-order valence-electron chi connectivity index (χ3n) is 4.27. The van der Waals surface area contributed by atoms with Gasteiger partial charge in [0.15, 0.2) is 11.6 Å². The van der Waals surface area contributed by atoms with E-state index in [0.29, 0.717) is 31.0 Å². The fourth-order valence-corrected chi connectivity index (χ4v) is 3.04. The second-order valence-electron chi connectivity index (χ2n) is 6.82. The summed E-state index contributed by atoms with van der Waals surface area (Å²) in [5, 5.41) is 2.69. The highest BCUT2D eigenvalue weighted by Gasteiger charge is 2.25. The largest absolute Gasteiger partial charge is 0.322 e. The maximum Gasteiger partial charge on any atom is 0.255 e. The van der Waals surface area contributed by atoms with Crippen LogP contribution in [-0.4, -0.2) is 18.4 Å². The molecule has 0 fully saturated rings. The van der Waals surface area contributed by atoms with Crippen molar-refractivity contribution in [1.29, 1.82) is 0 Å². The van der Waals surface area contributed by atoms with Gasteiger partial charge in [-0.25, -0.2) is 8.78 Å². The van der Waals surface area contributed by atoms with E-state index in [-0.39, 0.29) is 11.5 Å². The molecule has 2 amide bonds. The highest BCUT2D eigenvalue weighted by molar-refractivity contribution is 6.04. The molecule has 0 saturated carbocycles. The Morgan fingerprint density at radius 1 is 1.12 bits per heavy atom. The first kappa shape index (κ1) is 18.0. The molecule has 26 heavy (non-hydrogen) atoms. The summed E-state index contributed by atoms with van der Waals surface area (Å²) >= 11 is 0. The molecule has 136 valence electrons. The first-order valence-electron chi connectivity index (χ1n) is 8.55. The number of benzene rings is 2. The molecule has 0 saturated heterocycles. The number of carbonyl (C=O) groups excluding carboxylic acids is 2. The molecule has 4 nitrogen and oxygen atoms in total. The smallest absolute Gasteiger partial charge is 0.255 e. The minimum Gasteiger partial charge on any atom is -0.322 e. The van der Waals surface area contributed by atoms with Gasteiger partial charge in [0.05, 0.1) is 0 Å². The topological polar surface area (TPSA) is 49.4 Å². The number of aryl methyl sites for hydroxylation is 1. The summed E-state index contributed by atoms with van der Waals surface area (Å²) in [4.78, 5) is 26.2. The van der Waals surface area contributed by atoms with Gasteiger partial charge >= 0.3 is 0 Å². The Hall–Kier alpha value is -2.76. The molecule has 0 spiro atoms. The van der Waals surface area contributed by atoms with Gasteiger partial charge in [0.1, 0.15) is 0 Å². The van der Waals surface area contributed by atoms with Crippen molar-refractivity contribution in [2.45, 2.75) is 26.7 Å². The summed E-state index contributed by atoms with van der Waals surface area (Å²) in [5.74, 6) is -2.13. The first-order valence-corrected chi connectivity index (χ1v) is 8.55. The van der Waals surface area contributed by atoms with Crippen molar-refractivity contribution in [3.05, 3.63) is 59.2 Å². The lowest BCUT2D eigenvalue weighted by atomic mass is 9.99. The quantitative estimate of drug-likeness (QED) is 0.892. The fraction of sp³-hybridized carbons (Fsp3) is 0.300. The number of rotatable bonds is 4. The van der Waals surface area contributed by atoms with Gasteiger partial charge < -0.3 is 10.2 Å². The van der Waals surface area contributed by atoms with Crippen LogP contribution in [0.2, 0.25) is 0 Å². The van der Waals surface area contributed by atoms with Crippen molar-refractivity contribution in [3.8, 4) is 0 Å². The van der Waals surface area contributed by atoms with Crippen molar-refractivity contribution in [3.63, 3.8) is 0 Å². The normalized spacial score (nSPS) is 13.7. The molecule has 0 radical (unpaired) electrons. The lowest BCUT2D eigenvalue weighted by Gasteiger charge is -2.31. The van der Waals surface area contributed by atoms with E-state index in [0.717, 1.165) is 23.4 Å². The standard InChI is InChI=1S/C20H20F2N2O2/c1-12(2)11-24-18-7-5-15(9-13(18)4-8-19(24)25)23-20(26)14-3-6-16(21)17(22)10-14/h3,5-7,9-10,12H,4,8,11H2,1-2H3,(H,23,26). The third-order valence-corrected chi connectivity index (χ3v) is 4.27. The average Bonchev–Trinajstić information content (AvgIpc) is 2.59. The Labute approximate surface area is 150 Å². The first-order chi connectivity index (χ1) is 12.3. The van der Waals surface area contributed by atoms with Gasteiger partial charge in [-0.1, -0.05) is 13.8 Å². The van der Waals surface area contributed by atoms with Crippen LogP contribution in [-0.2, 0) is 11.2 Å². The van der Waals surface area contributed by atoms with Crippen LogP contribution in [0.4, 0.5) is 20.2 Å². The summed E-state index contributed by atoms with van der Waals surface area (Å²) in [5.41, 5.74) is 2.43. The molecule has 0 bridgehead atoms. The SMILES string of the molecule is CC(C)CN1C(=O)CCc2cc(NC(=O)c3ccc(F)c(F)c3)ccc21. The molecular formula is C20H20F2N2O2. The van der Waals surface area contributed by atoms with E-state index in [1.807, 2.05) is 12.1 Å². The van der Waals surface area contributed by atoms with Crippen molar-refractivity contribution in [2.75, 3.05) is 16.8 Å². The highest BCUT2D eigenvalue weighted by Crippen LogP contribution is 2.31. The van der Waals surface area contributed by atoms with Crippen LogP contribution in [0, 0.1) is 17.6 Å². The van der Waals surface area contributed by atoms with E-state index in [9.17, 15) is 18.4 Å². The van der Waals surface area contributed by atoms with Crippen LogP contribution >= 0.6 is 0 Å². The molecule has 6 heteroatoms. The van der Waals surface area contributed by atoms with E-state index in [1.54, 1.807) is 11.0 Å². The predicted octanol–water partition coefficient (Wildman–Crippen LogP) is 4.15. The molecule has 3 rings (SSSR count). The van der Waals surface area contributed by atoms with Gasteiger partial charge in [-0.05, 0) is 54.3 Å². The number of carbonyl (C=O) groups is 2. The second kappa shape index (κ2) is 7.23.